The lowest BCUT2D eigenvalue weighted by Crippen LogP contribution is -2.01. The lowest BCUT2D eigenvalue weighted by Gasteiger charge is -2.15. The van der Waals surface area contributed by atoms with E-state index >= 15 is 0 Å². The molecule has 0 saturated carbocycles. The molecule has 1 heterocycles. The van der Waals surface area contributed by atoms with Gasteiger partial charge in [-0.1, -0.05) is 206 Å². The summed E-state index contributed by atoms with van der Waals surface area (Å²) in [6, 6.07) is 83.4. The Kier molecular flexibility index (Phi) is 9.20. The van der Waals surface area contributed by atoms with E-state index in [4.69, 9.17) is 15.0 Å². The number of hydrogen-bond acceptors (Lipinski definition) is 4. The molecule has 0 fully saturated rings. The summed E-state index contributed by atoms with van der Waals surface area (Å²) >= 11 is 0. The van der Waals surface area contributed by atoms with E-state index in [1.54, 1.807) is 0 Å². The minimum atomic E-state index is 0.598. The van der Waals surface area contributed by atoms with Crippen LogP contribution in [0.25, 0.3) is 133 Å². The first-order valence-electron chi connectivity index (χ1n) is 22.9. The van der Waals surface area contributed by atoms with Crippen molar-refractivity contribution >= 4 is 32.3 Å². The van der Waals surface area contributed by atoms with Gasteiger partial charge >= 0.3 is 0 Å². The van der Waals surface area contributed by atoms with Crippen LogP contribution < -0.4 is 0 Å². The normalized spacial score (nSPS) is 11.5. The lowest BCUT2D eigenvalue weighted by atomic mass is 9.89. The Morgan fingerprint density at radius 3 is 1.54 bits per heavy atom. The third-order valence-corrected chi connectivity index (χ3v) is 13.6. The number of nitrogens with zero attached hydrogens (tertiary/aromatic N) is 4. The van der Waals surface area contributed by atoms with Crippen molar-refractivity contribution in [3.8, 4) is 107 Å². The van der Waals surface area contributed by atoms with Crippen LogP contribution in [0.4, 0.5) is 0 Å². The summed E-state index contributed by atoms with van der Waals surface area (Å²) in [5, 5.41) is 17.7. The van der Waals surface area contributed by atoms with Gasteiger partial charge in [0.25, 0.3) is 0 Å². The fourth-order valence-electron chi connectivity index (χ4n) is 10.3. The first-order chi connectivity index (χ1) is 33.7. The third kappa shape index (κ3) is 6.48. The number of benzene rings is 11. The number of hydrogen-bond donors (Lipinski definition) is 0. The molecule has 68 heavy (non-hydrogen) atoms. The van der Waals surface area contributed by atoms with Gasteiger partial charge in [0.2, 0.25) is 0 Å². The fraction of sp³-hybridized carbons (Fsp3) is 0. The van der Waals surface area contributed by atoms with Gasteiger partial charge in [0.05, 0.1) is 11.6 Å². The first-order valence-corrected chi connectivity index (χ1v) is 22.9. The molecule has 0 amide bonds. The average Bonchev–Trinajstić information content (AvgIpc) is 3.75. The summed E-state index contributed by atoms with van der Waals surface area (Å²) in [5.41, 5.74) is 16.7. The predicted octanol–water partition coefficient (Wildman–Crippen LogP) is 16.5. The maximum absolute atomic E-state index is 10.4. The molecule has 1 aromatic heterocycles. The van der Waals surface area contributed by atoms with Gasteiger partial charge in [0, 0.05) is 22.3 Å². The zero-order valence-electron chi connectivity index (χ0n) is 36.7. The average molecular weight is 863 g/mol. The molecule has 12 aromatic rings. The van der Waals surface area contributed by atoms with Crippen LogP contribution in [0.2, 0.25) is 0 Å². The Hall–Kier alpha value is -9.30. The Morgan fingerprint density at radius 1 is 0.265 bits per heavy atom. The molecular formula is C64H38N4. The van der Waals surface area contributed by atoms with E-state index in [1.165, 1.54) is 54.7 Å². The Balaban J connectivity index is 0.883. The van der Waals surface area contributed by atoms with Crippen LogP contribution in [0.15, 0.2) is 231 Å². The highest BCUT2D eigenvalue weighted by molar-refractivity contribution is 6.18. The van der Waals surface area contributed by atoms with E-state index in [2.05, 4.69) is 200 Å². The molecule has 4 nitrogen and oxygen atoms in total. The second-order valence-corrected chi connectivity index (χ2v) is 17.4. The molecule has 1 aliphatic carbocycles. The molecule has 314 valence electrons. The highest BCUT2D eigenvalue weighted by Gasteiger charge is 2.24. The SMILES string of the molecule is N#Cc1ccc(-c2ccccc2-c2cccc(-c3nc(-c4ccccc4)nc(-c4ccc5c6c(cccc46)-c4ccccc4-5)n3)c2)cc1-c1ccc(-c2cccc3c2ccc2ccccc23)cc1. The molecule has 0 spiro atoms. The standard InChI is InChI=1S/C64H38N4/c65-39-47-32-31-45(38-60(47)42-29-27-41(28-30-42)49-23-11-24-52-48-18-5-4-13-40(48)33-34-55(49)52)51-20-7-6-19-50(51)44-16-10-17-46(37-44)63-66-62(43-14-2-1-3-15-43)67-64(68-63)59-36-35-58-54-22-9-8-21-53(54)56-25-12-26-57(59)61(56)58/h1-38H. The first kappa shape index (κ1) is 39.1. The number of nitriles is 1. The van der Waals surface area contributed by atoms with Crippen LogP contribution in [0.1, 0.15) is 5.56 Å². The minimum absolute atomic E-state index is 0.598. The highest BCUT2D eigenvalue weighted by atomic mass is 15.0. The van der Waals surface area contributed by atoms with Gasteiger partial charge in [-0.2, -0.15) is 5.26 Å². The summed E-state index contributed by atoms with van der Waals surface area (Å²) in [6.07, 6.45) is 0. The van der Waals surface area contributed by atoms with Crippen molar-refractivity contribution in [2.45, 2.75) is 0 Å². The van der Waals surface area contributed by atoms with Crippen molar-refractivity contribution in [2.75, 3.05) is 0 Å². The summed E-state index contributed by atoms with van der Waals surface area (Å²) in [7, 11) is 0. The van der Waals surface area contributed by atoms with E-state index in [0.29, 0.717) is 23.0 Å². The van der Waals surface area contributed by atoms with Crippen molar-refractivity contribution < 1.29 is 0 Å². The Bertz CT molecular complexity index is 4000. The van der Waals surface area contributed by atoms with E-state index in [-0.39, 0.29) is 0 Å². The van der Waals surface area contributed by atoms with Crippen molar-refractivity contribution in [1.29, 1.82) is 5.26 Å². The Morgan fingerprint density at radius 2 is 0.779 bits per heavy atom. The van der Waals surface area contributed by atoms with Gasteiger partial charge < -0.3 is 0 Å². The van der Waals surface area contributed by atoms with Crippen LogP contribution in [-0.2, 0) is 0 Å². The number of rotatable bonds is 7. The molecule has 0 N–H and O–H groups in total. The van der Waals surface area contributed by atoms with Crippen molar-refractivity contribution in [3.05, 3.63) is 236 Å². The quantitative estimate of drug-likeness (QED) is 0.150. The summed E-state index contributed by atoms with van der Waals surface area (Å²) in [5.74, 6) is 1.84. The summed E-state index contributed by atoms with van der Waals surface area (Å²) in [4.78, 5) is 15.6. The lowest BCUT2D eigenvalue weighted by molar-refractivity contribution is 1.08. The molecule has 1 aliphatic rings. The van der Waals surface area contributed by atoms with E-state index in [9.17, 15) is 5.26 Å². The molecule has 0 bridgehead atoms. The molecule has 4 heteroatoms. The second kappa shape index (κ2) is 16.0. The molecule has 0 unspecified atom stereocenters. The topological polar surface area (TPSA) is 62.5 Å². The van der Waals surface area contributed by atoms with Crippen molar-refractivity contribution in [3.63, 3.8) is 0 Å². The molecule has 13 rings (SSSR count). The van der Waals surface area contributed by atoms with Crippen LogP contribution in [0, 0.1) is 11.3 Å². The van der Waals surface area contributed by atoms with Crippen molar-refractivity contribution in [1.82, 2.24) is 15.0 Å². The van der Waals surface area contributed by atoms with Crippen LogP contribution in [-0.4, -0.2) is 15.0 Å². The molecule has 0 atom stereocenters. The Labute approximate surface area is 393 Å². The molecule has 0 radical (unpaired) electrons. The van der Waals surface area contributed by atoms with E-state index < -0.39 is 0 Å². The van der Waals surface area contributed by atoms with Gasteiger partial charge in [-0.25, -0.2) is 15.0 Å². The maximum Gasteiger partial charge on any atom is 0.164 e. The number of fused-ring (bicyclic) bond motifs is 6. The van der Waals surface area contributed by atoms with Gasteiger partial charge in [0.1, 0.15) is 0 Å². The van der Waals surface area contributed by atoms with Gasteiger partial charge in [0.15, 0.2) is 17.5 Å². The van der Waals surface area contributed by atoms with E-state index in [1.807, 2.05) is 36.4 Å². The van der Waals surface area contributed by atoms with Gasteiger partial charge in [-0.3, -0.25) is 0 Å². The van der Waals surface area contributed by atoms with Crippen LogP contribution in [0.3, 0.4) is 0 Å². The second-order valence-electron chi connectivity index (χ2n) is 17.4. The minimum Gasteiger partial charge on any atom is -0.208 e. The molecule has 0 saturated heterocycles. The zero-order chi connectivity index (χ0) is 45.1. The monoisotopic (exact) mass is 862 g/mol. The molecule has 0 aliphatic heterocycles. The molecule has 11 aromatic carbocycles. The summed E-state index contributed by atoms with van der Waals surface area (Å²) in [6.45, 7) is 0. The third-order valence-electron chi connectivity index (χ3n) is 13.6. The highest BCUT2D eigenvalue weighted by Crippen LogP contribution is 2.49. The molecular weight excluding hydrogens is 825 g/mol. The smallest absolute Gasteiger partial charge is 0.164 e. The summed E-state index contributed by atoms with van der Waals surface area (Å²) < 4.78 is 0. The maximum atomic E-state index is 10.4. The largest absolute Gasteiger partial charge is 0.208 e. The van der Waals surface area contributed by atoms with Crippen LogP contribution >= 0.6 is 0 Å². The van der Waals surface area contributed by atoms with Crippen molar-refractivity contribution in [2.24, 2.45) is 0 Å². The van der Waals surface area contributed by atoms with Crippen LogP contribution in [0.5, 0.6) is 0 Å². The van der Waals surface area contributed by atoms with E-state index in [0.717, 1.165) is 61.0 Å². The van der Waals surface area contributed by atoms with Gasteiger partial charge in [-0.15, -0.1) is 0 Å². The number of aromatic nitrogens is 3. The zero-order valence-corrected chi connectivity index (χ0v) is 36.7. The predicted molar refractivity (Wildman–Crippen MR) is 280 cm³/mol. The fourth-order valence-corrected chi connectivity index (χ4v) is 10.3. The van der Waals surface area contributed by atoms with Gasteiger partial charge in [-0.05, 0) is 118 Å².